The van der Waals surface area contributed by atoms with Gasteiger partial charge < -0.3 is 14.2 Å². The molecule has 0 amide bonds. The van der Waals surface area contributed by atoms with Crippen LogP contribution in [0, 0.1) is 11.8 Å². The Morgan fingerprint density at radius 1 is 0.292 bits per heavy atom. The highest BCUT2D eigenvalue weighted by molar-refractivity contribution is 5.71. The summed E-state index contributed by atoms with van der Waals surface area (Å²) in [7, 11) is 0. The van der Waals surface area contributed by atoms with Crippen molar-refractivity contribution in [2.75, 3.05) is 13.2 Å². The molecule has 428 valence electrons. The van der Waals surface area contributed by atoms with E-state index >= 15 is 0 Å². The summed E-state index contributed by atoms with van der Waals surface area (Å²) >= 11 is 0. The van der Waals surface area contributed by atoms with Gasteiger partial charge in [0.1, 0.15) is 13.2 Å². The van der Waals surface area contributed by atoms with E-state index in [1.807, 2.05) is 0 Å². The van der Waals surface area contributed by atoms with Crippen molar-refractivity contribution in [2.24, 2.45) is 11.8 Å². The van der Waals surface area contributed by atoms with Crippen molar-refractivity contribution in [1.29, 1.82) is 0 Å². The Morgan fingerprint density at radius 2 is 0.528 bits per heavy atom. The second kappa shape index (κ2) is 58.7. The molecule has 0 spiro atoms. The van der Waals surface area contributed by atoms with Crippen molar-refractivity contribution in [3.05, 3.63) is 0 Å². The number of hydrogen-bond donors (Lipinski definition) is 0. The highest BCUT2D eigenvalue weighted by atomic mass is 16.6. The maximum Gasteiger partial charge on any atom is 0.306 e. The summed E-state index contributed by atoms with van der Waals surface area (Å²) in [5, 5.41) is 0. The topological polar surface area (TPSA) is 78.9 Å². The number of hydrogen-bond acceptors (Lipinski definition) is 6. The SMILES string of the molecule is CCCCCCCCCCCCCCCCCCCCCC(=O)OC[C@@H](COC(=O)CCCCCCCCCCCCCCCCCCCCC(C)C)OC(=O)CCCCCCCCCCCCC(C)CC. The maximum atomic E-state index is 12.9. The van der Waals surface area contributed by atoms with Crippen molar-refractivity contribution >= 4 is 17.9 Å². The minimum Gasteiger partial charge on any atom is -0.462 e. The third-order valence-electron chi connectivity index (χ3n) is 15.6. The van der Waals surface area contributed by atoms with Gasteiger partial charge in [0.2, 0.25) is 0 Å². The van der Waals surface area contributed by atoms with Crippen LogP contribution in [0.3, 0.4) is 0 Å². The lowest BCUT2D eigenvalue weighted by Crippen LogP contribution is -2.30. The van der Waals surface area contributed by atoms with Crippen LogP contribution in [-0.2, 0) is 28.6 Å². The summed E-state index contributed by atoms with van der Waals surface area (Å²) in [5.41, 5.74) is 0. The quantitative estimate of drug-likeness (QED) is 0.0343. The molecule has 6 nitrogen and oxygen atoms in total. The predicted molar refractivity (Wildman–Crippen MR) is 312 cm³/mol. The first-order chi connectivity index (χ1) is 35.3. The highest BCUT2D eigenvalue weighted by Gasteiger charge is 2.19. The summed E-state index contributed by atoms with van der Waals surface area (Å²) in [4.78, 5) is 38.3. The van der Waals surface area contributed by atoms with E-state index < -0.39 is 6.10 Å². The standard InChI is InChI=1S/C66H128O6/c1-6-8-9-10-11-12-13-14-15-16-17-21-24-27-30-36-41-46-51-56-64(67)70-59-63(72-66(69)58-53-48-43-38-33-32-35-40-45-50-55-62(5)7-2)60-71-65(68)57-52-47-42-37-31-28-25-22-19-18-20-23-26-29-34-39-44-49-54-61(3)4/h61-63H,6-60H2,1-5H3/t62?,63-/m0/s1. The Hall–Kier alpha value is -1.59. The Morgan fingerprint density at radius 3 is 0.792 bits per heavy atom. The molecule has 6 heteroatoms. The van der Waals surface area contributed by atoms with Crippen LogP contribution in [0.1, 0.15) is 375 Å². The molecular formula is C66H128O6. The van der Waals surface area contributed by atoms with Crippen LogP contribution in [0.4, 0.5) is 0 Å². The second-order valence-electron chi connectivity index (χ2n) is 23.5. The van der Waals surface area contributed by atoms with E-state index in [0.717, 1.165) is 69.6 Å². The molecule has 0 bridgehead atoms. The van der Waals surface area contributed by atoms with E-state index in [-0.39, 0.29) is 31.1 Å². The van der Waals surface area contributed by atoms with E-state index in [1.54, 1.807) is 0 Å². The van der Waals surface area contributed by atoms with Crippen LogP contribution < -0.4 is 0 Å². The molecule has 0 aromatic rings. The largest absolute Gasteiger partial charge is 0.462 e. The number of carbonyl (C=O) groups is 3. The highest BCUT2D eigenvalue weighted by Crippen LogP contribution is 2.19. The van der Waals surface area contributed by atoms with Gasteiger partial charge in [-0.2, -0.15) is 0 Å². The molecule has 0 radical (unpaired) electrons. The van der Waals surface area contributed by atoms with Gasteiger partial charge in [-0.25, -0.2) is 0 Å². The lowest BCUT2D eigenvalue weighted by atomic mass is 9.99. The van der Waals surface area contributed by atoms with Crippen LogP contribution >= 0.6 is 0 Å². The first-order valence-electron chi connectivity index (χ1n) is 32.8. The zero-order valence-electron chi connectivity index (χ0n) is 49.6. The average Bonchev–Trinajstić information content (AvgIpc) is 3.37. The average molecular weight is 1020 g/mol. The minimum absolute atomic E-state index is 0.0620. The molecule has 0 fully saturated rings. The van der Waals surface area contributed by atoms with E-state index in [9.17, 15) is 14.4 Å². The van der Waals surface area contributed by atoms with Gasteiger partial charge in [-0.05, 0) is 31.1 Å². The Bertz CT molecular complexity index is 1110. The fourth-order valence-electron chi connectivity index (χ4n) is 10.3. The van der Waals surface area contributed by atoms with Gasteiger partial charge in [0.05, 0.1) is 0 Å². The summed E-state index contributed by atoms with van der Waals surface area (Å²) in [6.45, 7) is 11.5. The van der Waals surface area contributed by atoms with Crippen LogP contribution in [0.2, 0.25) is 0 Å². The first kappa shape index (κ1) is 70.4. The van der Waals surface area contributed by atoms with Gasteiger partial charge in [-0.15, -0.1) is 0 Å². The van der Waals surface area contributed by atoms with Gasteiger partial charge in [-0.1, -0.05) is 336 Å². The minimum atomic E-state index is -0.764. The number of rotatable bonds is 60. The zero-order chi connectivity index (χ0) is 52.5. The molecule has 72 heavy (non-hydrogen) atoms. The lowest BCUT2D eigenvalue weighted by Gasteiger charge is -2.18. The molecule has 0 rings (SSSR count). The summed E-state index contributed by atoms with van der Waals surface area (Å²) < 4.78 is 17.0. The van der Waals surface area contributed by atoms with E-state index in [4.69, 9.17) is 14.2 Å². The Balaban J connectivity index is 4.25. The van der Waals surface area contributed by atoms with E-state index in [2.05, 4.69) is 34.6 Å². The van der Waals surface area contributed by atoms with E-state index in [0.29, 0.717) is 19.3 Å². The number of carbonyl (C=O) groups excluding carboxylic acids is 3. The molecule has 0 saturated heterocycles. The molecule has 2 atom stereocenters. The lowest BCUT2D eigenvalue weighted by molar-refractivity contribution is -0.167. The zero-order valence-corrected chi connectivity index (χ0v) is 49.6. The fourth-order valence-corrected chi connectivity index (χ4v) is 10.3. The van der Waals surface area contributed by atoms with Gasteiger partial charge in [0.25, 0.3) is 0 Å². The molecule has 0 N–H and O–H groups in total. The molecule has 0 aliphatic rings. The van der Waals surface area contributed by atoms with Crippen molar-refractivity contribution in [3.63, 3.8) is 0 Å². The molecular weight excluding hydrogens is 889 g/mol. The molecule has 0 saturated carbocycles. The Labute approximate surface area is 450 Å². The van der Waals surface area contributed by atoms with Gasteiger partial charge in [0.15, 0.2) is 6.10 Å². The van der Waals surface area contributed by atoms with Crippen molar-refractivity contribution in [1.82, 2.24) is 0 Å². The van der Waals surface area contributed by atoms with Crippen molar-refractivity contribution in [3.8, 4) is 0 Å². The van der Waals surface area contributed by atoms with Crippen molar-refractivity contribution in [2.45, 2.75) is 381 Å². The van der Waals surface area contributed by atoms with Crippen LogP contribution in [0.25, 0.3) is 0 Å². The predicted octanol–water partition coefficient (Wildman–Crippen LogP) is 22.0. The van der Waals surface area contributed by atoms with E-state index in [1.165, 1.54) is 263 Å². The van der Waals surface area contributed by atoms with Crippen molar-refractivity contribution < 1.29 is 28.6 Å². The van der Waals surface area contributed by atoms with Gasteiger partial charge in [0, 0.05) is 19.3 Å². The molecule has 0 aromatic carbocycles. The molecule has 1 unspecified atom stereocenters. The maximum absolute atomic E-state index is 12.9. The second-order valence-corrected chi connectivity index (χ2v) is 23.5. The monoisotopic (exact) mass is 1020 g/mol. The third-order valence-corrected chi connectivity index (χ3v) is 15.6. The third kappa shape index (κ3) is 57.7. The smallest absolute Gasteiger partial charge is 0.306 e. The molecule has 0 aliphatic heterocycles. The van der Waals surface area contributed by atoms with Crippen LogP contribution in [-0.4, -0.2) is 37.2 Å². The van der Waals surface area contributed by atoms with Gasteiger partial charge >= 0.3 is 17.9 Å². The van der Waals surface area contributed by atoms with Crippen LogP contribution in [0.15, 0.2) is 0 Å². The molecule has 0 aliphatic carbocycles. The van der Waals surface area contributed by atoms with Gasteiger partial charge in [-0.3, -0.25) is 14.4 Å². The summed E-state index contributed by atoms with van der Waals surface area (Å²) in [6.07, 6.45) is 65.3. The number of esters is 3. The fraction of sp³-hybridized carbons (Fsp3) is 0.955. The summed E-state index contributed by atoms with van der Waals surface area (Å²) in [6, 6.07) is 0. The van der Waals surface area contributed by atoms with Crippen LogP contribution in [0.5, 0.6) is 0 Å². The molecule has 0 heterocycles. The Kier molecular flexibility index (Phi) is 57.4. The summed E-state index contributed by atoms with van der Waals surface area (Å²) in [5.74, 6) is 0.895. The normalized spacial score (nSPS) is 12.4. The number of unbranched alkanes of at least 4 members (excludes halogenated alkanes) is 44. The number of ether oxygens (including phenoxy) is 3. The first-order valence-corrected chi connectivity index (χ1v) is 32.8. The molecule has 0 aromatic heterocycles.